The highest BCUT2D eigenvalue weighted by Crippen LogP contribution is 2.22. The van der Waals surface area contributed by atoms with E-state index >= 15 is 0 Å². The fraction of sp³-hybridized carbons (Fsp3) is 0.650. The number of nitrogens with one attached hydrogen (secondary N) is 2. The lowest BCUT2D eigenvalue weighted by molar-refractivity contribution is -0.129. The standard InChI is InChI=1S/C20H31N5O2.HI/c1-3-19(26)25-11-10-16(14-25)24-20(21-2)23-13-15-8-9-18(22-12-15)27-17-6-4-5-7-17;/h8-9,12,16-17H,3-7,10-11,13-14H2,1-2H3,(H2,21,23,24);1H. The minimum atomic E-state index is 0. The van der Waals surface area contributed by atoms with Gasteiger partial charge in [-0.15, -0.1) is 24.0 Å². The van der Waals surface area contributed by atoms with E-state index in [1.807, 2.05) is 30.2 Å². The molecule has 1 aromatic heterocycles. The zero-order valence-corrected chi connectivity index (χ0v) is 19.1. The molecule has 2 aliphatic rings. The second-order valence-electron chi connectivity index (χ2n) is 7.28. The second kappa shape index (κ2) is 11.4. The summed E-state index contributed by atoms with van der Waals surface area (Å²) in [6, 6.07) is 4.22. The van der Waals surface area contributed by atoms with Crippen molar-refractivity contribution in [2.75, 3.05) is 20.1 Å². The van der Waals surface area contributed by atoms with Crippen molar-refractivity contribution < 1.29 is 9.53 Å². The van der Waals surface area contributed by atoms with E-state index in [-0.39, 0.29) is 35.9 Å². The Morgan fingerprint density at radius 1 is 1.32 bits per heavy atom. The number of guanidine groups is 1. The number of hydrogen-bond donors (Lipinski definition) is 2. The molecule has 1 saturated heterocycles. The van der Waals surface area contributed by atoms with Crippen molar-refractivity contribution in [1.29, 1.82) is 0 Å². The molecule has 1 unspecified atom stereocenters. The maximum absolute atomic E-state index is 11.8. The lowest BCUT2D eigenvalue weighted by Gasteiger charge is -2.19. The van der Waals surface area contributed by atoms with Gasteiger partial charge in [-0.3, -0.25) is 9.79 Å². The van der Waals surface area contributed by atoms with Crippen LogP contribution in [-0.2, 0) is 11.3 Å². The maximum atomic E-state index is 11.8. The highest BCUT2D eigenvalue weighted by Gasteiger charge is 2.25. The van der Waals surface area contributed by atoms with Gasteiger partial charge in [-0.25, -0.2) is 4.98 Å². The van der Waals surface area contributed by atoms with Crippen molar-refractivity contribution in [2.24, 2.45) is 4.99 Å². The summed E-state index contributed by atoms with van der Waals surface area (Å²) in [7, 11) is 1.76. The Hall–Kier alpha value is -1.58. The summed E-state index contributed by atoms with van der Waals surface area (Å²) in [5.41, 5.74) is 1.07. The van der Waals surface area contributed by atoms with Gasteiger partial charge in [0.25, 0.3) is 0 Å². The van der Waals surface area contributed by atoms with Crippen molar-refractivity contribution in [3.05, 3.63) is 23.9 Å². The number of aliphatic imine (C=N–C) groups is 1. The molecular weight excluding hydrogens is 469 g/mol. The molecule has 28 heavy (non-hydrogen) atoms. The highest BCUT2D eigenvalue weighted by atomic mass is 127. The van der Waals surface area contributed by atoms with Crippen molar-refractivity contribution in [3.8, 4) is 5.88 Å². The molecule has 1 aromatic rings. The second-order valence-corrected chi connectivity index (χ2v) is 7.28. The molecule has 0 aromatic carbocycles. The van der Waals surface area contributed by atoms with Crippen LogP contribution in [-0.4, -0.2) is 54.0 Å². The number of nitrogens with zero attached hydrogens (tertiary/aromatic N) is 3. The van der Waals surface area contributed by atoms with Crippen LogP contribution >= 0.6 is 24.0 Å². The molecule has 1 aliphatic heterocycles. The summed E-state index contributed by atoms with van der Waals surface area (Å²) in [5.74, 6) is 1.67. The molecule has 1 amide bonds. The molecular formula is C20H32IN5O2. The van der Waals surface area contributed by atoms with Crippen LogP contribution < -0.4 is 15.4 Å². The molecule has 0 bridgehead atoms. The Morgan fingerprint density at radius 3 is 2.75 bits per heavy atom. The van der Waals surface area contributed by atoms with Gasteiger partial charge in [0.1, 0.15) is 6.10 Å². The third-order valence-corrected chi connectivity index (χ3v) is 5.26. The average molecular weight is 501 g/mol. The van der Waals surface area contributed by atoms with Crippen molar-refractivity contribution >= 4 is 35.8 Å². The van der Waals surface area contributed by atoms with Crippen molar-refractivity contribution in [3.63, 3.8) is 0 Å². The first-order valence-corrected chi connectivity index (χ1v) is 10.0. The molecule has 2 fully saturated rings. The van der Waals surface area contributed by atoms with Gasteiger partial charge in [-0.05, 0) is 37.7 Å². The molecule has 1 aliphatic carbocycles. The number of ether oxygens (including phenoxy) is 1. The van der Waals surface area contributed by atoms with Crippen LogP contribution in [0.3, 0.4) is 0 Å². The Labute approximate surface area is 184 Å². The van der Waals surface area contributed by atoms with Gasteiger partial charge in [0.05, 0.1) is 0 Å². The number of aromatic nitrogens is 1. The molecule has 1 atom stereocenters. The number of pyridine rings is 1. The molecule has 0 spiro atoms. The molecule has 8 heteroatoms. The van der Waals surface area contributed by atoms with Crippen molar-refractivity contribution in [2.45, 2.75) is 64.1 Å². The molecule has 0 radical (unpaired) electrons. The minimum absolute atomic E-state index is 0. The normalized spacial score (nSPS) is 20.0. The predicted molar refractivity (Wildman–Crippen MR) is 121 cm³/mol. The van der Waals surface area contributed by atoms with E-state index in [1.54, 1.807) is 7.05 Å². The Balaban J connectivity index is 0.00000280. The van der Waals surface area contributed by atoms with Crippen LogP contribution in [0, 0.1) is 0 Å². The fourth-order valence-corrected chi connectivity index (χ4v) is 3.66. The van der Waals surface area contributed by atoms with Gasteiger partial charge in [0.15, 0.2) is 5.96 Å². The monoisotopic (exact) mass is 501 g/mol. The predicted octanol–water partition coefficient (Wildman–Crippen LogP) is 2.70. The molecule has 3 rings (SSSR count). The number of amides is 1. The largest absolute Gasteiger partial charge is 0.474 e. The van der Waals surface area contributed by atoms with Crippen LogP contribution in [0.4, 0.5) is 0 Å². The summed E-state index contributed by atoms with van der Waals surface area (Å²) in [6.45, 7) is 4.10. The number of hydrogen-bond acceptors (Lipinski definition) is 4. The van der Waals surface area contributed by atoms with Gasteiger partial charge in [-0.1, -0.05) is 13.0 Å². The lowest BCUT2D eigenvalue weighted by Crippen LogP contribution is -2.44. The number of carbonyl (C=O) groups excluding carboxylic acids is 1. The molecule has 1 saturated carbocycles. The quantitative estimate of drug-likeness (QED) is 0.356. The molecule has 2 heterocycles. The van der Waals surface area contributed by atoms with Crippen LogP contribution in [0.1, 0.15) is 51.0 Å². The van der Waals surface area contributed by atoms with E-state index in [0.717, 1.165) is 43.9 Å². The van der Waals surface area contributed by atoms with E-state index in [9.17, 15) is 4.79 Å². The summed E-state index contributed by atoms with van der Waals surface area (Å²) < 4.78 is 5.90. The Morgan fingerprint density at radius 2 is 2.11 bits per heavy atom. The van der Waals surface area contributed by atoms with E-state index in [1.165, 1.54) is 12.8 Å². The summed E-state index contributed by atoms with van der Waals surface area (Å²) in [6.07, 6.45) is 8.46. The Bertz CT molecular complexity index is 647. The third kappa shape index (κ3) is 6.49. The topological polar surface area (TPSA) is 78.9 Å². The number of likely N-dealkylation sites (tertiary alicyclic amines) is 1. The summed E-state index contributed by atoms with van der Waals surface area (Å²) in [5, 5.41) is 6.72. The average Bonchev–Trinajstić information content (AvgIpc) is 3.37. The number of carbonyl (C=O) groups is 1. The first-order valence-electron chi connectivity index (χ1n) is 10.0. The van der Waals surface area contributed by atoms with E-state index in [4.69, 9.17) is 4.74 Å². The van der Waals surface area contributed by atoms with Gasteiger partial charge in [-0.2, -0.15) is 0 Å². The first-order chi connectivity index (χ1) is 13.2. The molecule has 7 nitrogen and oxygen atoms in total. The van der Waals surface area contributed by atoms with E-state index < -0.39 is 0 Å². The summed E-state index contributed by atoms with van der Waals surface area (Å²) in [4.78, 5) is 22.4. The number of rotatable bonds is 6. The van der Waals surface area contributed by atoms with Gasteiger partial charge < -0.3 is 20.3 Å². The third-order valence-electron chi connectivity index (χ3n) is 5.26. The van der Waals surface area contributed by atoms with Crippen LogP contribution in [0.5, 0.6) is 5.88 Å². The van der Waals surface area contributed by atoms with E-state index in [2.05, 4.69) is 20.6 Å². The van der Waals surface area contributed by atoms with Crippen molar-refractivity contribution in [1.82, 2.24) is 20.5 Å². The lowest BCUT2D eigenvalue weighted by atomic mass is 10.2. The van der Waals surface area contributed by atoms with Crippen LogP contribution in [0.15, 0.2) is 23.3 Å². The molecule has 156 valence electrons. The zero-order chi connectivity index (χ0) is 19.1. The fourth-order valence-electron chi connectivity index (χ4n) is 3.66. The van der Waals surface area contributed by atoms with E-state index in [0.29, 0.717) is 24.9 Å². The summed E-state index contributed by atoms with van der Waals surface area (Å²) >= 11 is 0. The molecule has 2 N–H and O–H groups in total. The van der Waals surface area contributed by atoms with Crippen LogP contribution in [0.2, 0.25) is 0 Å². The smallest absolute Gasteiger partial charge is 0.222 e. The minimum Gasteiger partial charge on any atom is -0.474 e. The zero-order valence-electron chi connectivity index (χ0n) is 16.8. The van der Waals surface area contributed by atoms with Crippen LogP contribution in [0.25, 0.3) is 0 Å². The first kappa shape index (κ1) is 22.7. The highest BCUT2D eigenvalue weighted by molar-refractivity contribution is 14.0. The number of halogens is 1. The maximum Gasteiger partial charge on any atom is 0.222 e. The SMILES string of the molecule is CCC(=O)N1CCC(NC(=NC)NCc2ccc(OC3CCCC3)nc2)C1.I. The van der Waals surface area contributed by atoms with Gasteiger partial charge in [0, 0.05) is 51.4 Å². The Kier molecular flexibility index (Phi) is 9.27. The van der Waals surface area contributed by atoms with Gasteiger partial charge >= 0.3 is 0 Å². The van der Waals surface area contributed by atoms with Gasteiger partial charge in [0.2, 0.25) is 11.8 Å².